The van der Waals surface area contributed by atoms with Crippen molar-refractivity contribution in [1.29, 1.82) is 0 Å². The summed E-state index contributed by atoms with van der Waals surface area (Å²) in [6.07, 6.45) is 12.2. The summed E-state index contributed by atoms with van der Waals surface area (Å²) in [5, 5.41) is 30.1. The second-order valence-corrected chi connectivity index (χ2v) is 11.2. The smallest absolute Gasteiger partial charge is 0.0811 e. The van der Waals surface area contributed by atoms with Crippen molar-refractivity contribution in [1.82, 2.24) is 0 Å². The predicted molar refractivity (Wildman–Crippen MR) is 120 cm³/mol. The van der Waals surface area contributed by atoms with Crippen LogP contribution in [0.4, 0.5) is 0 Å². The minimum atomic E-state index is -0.713. The quantitative estimate of drug-likeness (QED) is 0.579. The Hall–Kier alpha value is -1.34. The fraction of sp³-hybridized carbons (Fsp3) is 0.704. The van der Waals surface area contributed by atoms with Crippen LogP contribution in [0.5, 0.6) is 0 Å². The molecule has 0 bridgehead atoms. The van der Waals surface area contributed by atoms with Gasteiger partial charge in [-0.2, -0.15) is 0 Å². The van der Waals surface area contributed by atoms with Gasteiger partial charge in [0.1, 0.15) is 0 Å². The number of aliphatic hydroxyl groups excluding tert-OH is 2. The Morgan fingerprint density at radius 1 is 1.23 bits per heavy atom. The molecule has 3 heteroatoms. The molecule has 0 saturated heterocycles. The van der Waals surface area contributed by atoms with E-state index >= 15 is 0 Å². The largest absolute Gasteiger partial charge is 0.393 e. The molecule has 0 amide bonds. The lowest BCUT2D eigenvalue weighted by Crippen LogP contribution is -2.35. The van der Waals surface area contributed by atoms with E-state index in [1.807, 2.05) is 13.8 Å². The maximum atomic E-state index is 10.1. The first-order chi connectivity index (χ1) is 14.1. The van der Waals surface area contributed by atoms with Crippen LogP contribution < -0.4 is 0 Å². The van der Waals surface area contributed by atoms with Crippen molar-refractivity contribution >= 4 is 0 Å². The SMILES string of the molecule is C=C1/C(=C\C=C2\CCC[C@@]3(C)[C@H]2CC[C@]32C[C@H]2C#CCC(C)(C)O)C[C@@H](O)C[C@@H]1O. The summed E-state index contributed by atoms with van der Waals surface area (Å²) in [7, 11) is 0. The molecule has 0 heterocycles. The Labute approximate surface area is 182 Å². The predicted octanol–water partition coefficient (Wildman–Crippen LogP) is 4.68. The summed E-state index contributed by atoms with van der Waals surface area (Å²) in [6, 6.07) is 0. The molecule has 0 aromatic carbocycles. The second-order valence-electron chi connectivity index (χ2n) is 11.2. The molecule has 1 spiro atoms. The average Bonchev–Trinajstić information content (AvgIpc) is 3.27. The topological polar surface area (TPSA) is 60.7 Å². The van der Waals surface area contributed by atoms with E-state index in [0.717, 1.165) is 17.6 Å². The molecular weight excluding hydrogens is 372 g/mol. The van der Waals surface area contributed by atoms with E-state index in [4.69, 9.17) is 0 Å². The third-order valence-corrected chi connectivity index (χ3v) is 8.53. The van der Waals surface area contributed by atoms with Gasteiger partial charge >= 0.3 is 0 Å². The highest BCUT2D eigenvalue weighted by molar-refractivity contribution is 5.39. The van der Waals surface area contributed by atoms with Crippen LogP contribution in [0.1, 0.15) is 78.6 Å². The average molecular weight is 411 g/mol. The van der Waals surface area contributed by atoms with Crippen molar-refractivity contribution < 1.29 is 15.3 Å². The fourth-order valence-corrected chi connectivity index (χ4v) is 6.66. The zero-order valence-corrected chi connectivity index (χ0v) is 18.9. The highest BCUT2D eigenvalue weighted by Gasteiger charge is 2.69. The minimum Gasteiger partial charge on any atom is -0.393 e. The van der Waals surface area contributed by atoms with Gasteiger partial charge in [-0.05, 0) is 86.7 Å². The Kier molecular flexibility index (Phi) is 5.59. The van der Waals surface area contributed by atoms with Crippen LogP contribution in [0.25, 0.3) is 0 Å². The van der Waals surface area contributed by atoms with E-state index < -0.39 is 17.8 Å². The van der Waals surface area contributed by atoms with Gasteiger partial charge in [0.2, 0.25) is 0 Å². The minimum absolute atomic E-state index is 0.312. The van der Waals surface area contributed by atoms with E-state index in [-0.39, 0.29) is 0 Å². The van der Waals surface area contributed by atoms with E-state index in [1.54, 1.807) is 0 Å². The van der Waals surface area contributed by atoms with Crippen LogP contribution in [0, 0.1) is 34.5 Å². The molecule has 0 radical (unpaired) electrons. The molecule has 6 atom stereocenters. The van der Waals surface area contributed by atoms with Crippen LogP contribution in [-0.4, -0.2) is 33.1 Å². The van der Waals surface area contributed by atoms with Crippen LogP contribution >= 0.6 is 0 Å². The van der Waals surface area contributed by atoms with E-state index in [0.29, 0.717) is 41.9 Å². The molecule has 30 heavy (non-hydrogen) atoms. The summed E-state index contributed by atoms with van der Waals surface area (Å²) in [5.41, 5.74) is 3.25. The van der Waals surface area contributed by atoms with E-state index in [2.05, 4.69) is 37.5 Å². The molecule has 4 aliphatic carbocycles. The van der Waals surface area contributed by atoms with Gasteiger partial charge in [0.05, 0.1) is 17.8 Å². The fourth-order valence-electron chi connectivity index (χ4n) is 6.66. The van der Waals surface area contributed by atoms with Crippen LogP contribution in [0.15, 0.2) is 35.5 Å². The first-order valence-corrected chi connectivity index (χ1v) is 11.7. The van der Waals surface area contributed by atoms with Gasteiger partial charge in [0, 0.05) is 18.8 Å². The van der Waals surface area contributed by atoms with Gasteiger partial charge in [0.15, 0.2) is 0 Å². The molecule has 4 aliphatic rings. The zero-order valence-electron chi connectivity index (χ0n) is 18.9. The van der Waals surface area contributed by atoms with Crippen molar-refractivity contribution in [3.8, 4) is 11.8 Å². The number of fused-ring (bicyclic) bond motifs is 2. The summed E-state index contributed by atoms with van der Waals surface area (Å²) >= 11 is 0. The van der Waals surface area contributed by atoms with Crippen LogP contribution in [-0.2, 0) is 0 Å². The Morgan fingerprint density at radius 2 is 2.00 bits per heavy atom. The number of allylic oxidation sites excluding steroid dienone is 3. The van der Waals surface area contributed by atoms with Crippen molar-refractivity contribution in [2.45, 2.75) is 96.4 Å². The third-order valence-electron chi connectivity index (χ3n) is 8.53. The second kappa shape index (κ2) is 7.66. The third kappa shape index (κ3) is 3.83. The maximum Gasteiger partial charge on any atom is 0.0811 e. The van der Waals surface area contributed by atoms with Gasteiger partial charge < -0.3 is 15.3 Å². The molecule has 3 nitrogen and oxygen atoms in total. The molecule has 0 aromatic rings. The van der Waals surface area contributed by atoms with Gasteiger partial charge in [-0.25, -0.2) is 0 Å². The maximum absolute atomic E-state index is 10.1. The van der Waals surface area contributed by atoms with Gasteiger partial charge in [-0.3, -0.25) is 0 Å². The summed E-state index contributed by atoms with van der Waals surface area (Å²) in [5.74, 6) is 7.86. The zero-order chi connectivity index (χ0) is 21.7. The van der Waals surface area contributed by atoms with E-state index in [9.17, 15) is 15.3 Å². The number of hydrogen-bond donors (Lipinski definition) is 3. The van der Waals surface area contributed by atoms with Gasteiger partial charge in [-0.1, -0.05) is 37.1 Å². The molecule has 0 unspecified atom stereocenters. The van der Waals surface area contributed by atoms with Gasteiger partial charge in [-0.15, -0.1) is 5.92 Å². The molecular formula is C27H38O3. The highest BCUT2D eigenvalue weighted by Crippen LogP contribution is 2.76. The number of hydrogen-bond acceptors (Lipinski definition) is 3. The van der Waals surface area contributed by atoms with E-state index in [1.165, 1.54) is 37.7 Å². The molecule has 4 saturated carbocycles. The summed E-state index contributed by atoms with van der Waals surface area (Å²) in [6.45, 7) is 10.2. The molecule has 3 N–H and O–H groups in total. The van der Waals surface area contributed by atoms with Crippen molar-refractivity contribution in [2.75, 3.05) is 0 Å². The summed E-state index contributed by atoms with van der Waals surface area (Å²) < 4.78 is 0. The lowest BCUT2D eigenvalue weighted by Gasteiger charge is -2.43. The normalized spacial score (nSPS) is 43.6. The Balaban J connectivity index is 1.52. The monoisotopic (exact) mass is 410 g/mol. The number of aliphatic hydroxyl groups is 3. The molecule has 4 fully saturated rings. The lowest BCUT2D eigenvalue weighted by molar-refractivity contribution is 0.0854. The van der Waals surface area contributed by atoms with Gasteiger partial charge in [0.25, 0.3) is 0 Å². The highest BCUT2D eigenvalue weighted by atomic mass is 16.3. The molecule has 4 rings (SSSR count). The van der Waals surface area contributed by atoms with Crippen molar-refractivity contribution in [2.24, 2.45) is 22.7 Å². The number of rotatable bonds is 2. The summed E-state index contributed by atoms with van der Waals surface area (Å²) in [4.78, 5) is 0. The Morgan fingerprint density at radius 3 is 2.73 bits per heavy atom. The van der Waals surface area contributed by atoms with Crippen LogP contribution in [0.3, 0.4) is 0 Å². The first-order valence-electron chi connectivity index (χ1n) is 11.7. The lowest BCUT2D eigenvalue weighted by atomic mass is 9.61. The van der Waals surface area contributed by atoms with Crippen molar-refractivity contribution in [3.63, 3.8) is 0 Å². The van der Waals surface area contributed by atoms with Crippen LogP contribution in [0.2, 0.25) is 0 Å². The first kappa shape index (κ1) is 21.9. The standard InChI is InChI=1S/C27H38O3/c1-18-20(15-22(28)16-24(18)29)10-9-19-7-5-13-26(4)23(19)11-14-27(26)17-21(27)8-6-12-25(2,3)30/h9-10,21-24,28-30H,1,5,7,11-17H2,2-4H3/b19-9-,20-10-/t21-,22-,23+,24+,26+,27-/m1/s1. The Bertz CT molecular complexity index is 832. The molecule has 164 valence electrons. The molecule has 0 aromatic heterocycles. The molecule has 0 aliphatic heterocycles. The van der Waals surface area contributed by atoms with Crippen molar-refractivity contribution in [3.05, 3.63) is 35.5 Å².